The summed E-state index contributed by atoms with van der Waals surface area (Å²) in [5.74, 6) is -2.05. The summed E-state index contributed by atoms with van der Waals surface area (Å²) in [4.78, 5) is 0. The van der Waals surface area contributed by atoms with Gasteiger partial charge in [0.1, 0.15) is 23.1 Å². The Morgan fingerprint density at radius 3 is 2.45 bits per heavy atom. The molecule has 0 aliphatic heterocycles. The molecule has 3 nitrogen and oxygen atoms in total. The Hall–Kier alpha value is -2.60. The third-order valence-corrected chi connectivity index (χ3v) is 3.22. The number of hydrogen-bond donors (Lipinski definition) is 1. The predicted octanol–water partition coefficient (Wildman–Crippen LogP) is 3.92. The standard InChI is InChI=1S/C16H10F3NO2/c17-10-3-1-2-9(6-10)15-13(8-21)16(22-20-15)12-5-4-11(18)7-14(12)19/h1-7,21H,8H2. The Kier molecular flexibility index (Phi) is 3.68. The van der Waals surface area contributed by atoms with Gasteiger partial charge in [-0.15, -0.1) is 0 Å². The molecule has 0 atom stereocenters. The second-order valence-electron chi connectivity index (χ2n) is 4.63. The smallest absolute Gasteiger partial charge is 0.175 e. The fourth-order valence-electron chi connectivity index (χ4n) is 2.20. The van der Waals surface area contributed by atoms with E-state index >= 15 is 0 Å². The fraction of sp³-hybridized carbons (Fsp3) is 0.0625. The highest BCUT2D eigenvalue weighted by molar-refractivity contribution is 5.72. The van der Waals surface area contributed by atoms with Gasteiger partial charge < -0.3 is 9.63 Å². The number of aliphatic hydroxyl groups excluding tert-OH is 1. The first-order chi connectivity index (χ1) is 10.6. The average Bonchev–Trinajstić information content (AvgIpc) is 2.91. The minimum absolute atomic E-state index is 0.0146. The lowest BCUT2D eigenvalue weighted by atomic mass is 10.0. The minimum atomic E-state index is -0.836. The molecule has 0 saturated carbocycles. The Morgan fingerprint density at radius 2 is 1.77 bits per heavy atom. The quantitative estimate of drug-likeness (QED) is 0.798. The summed E-state index contributed by atoms with van der Waals surface area (Å²) in [6, 6.07) is 8.54. The molecule has 0 radical (unpaired) electrons. The molecule has 0 amide bonds. The second kappa shape index (κ2) is 5.65. The van der Waals surface area contributed by atoms with E-state index in [0.29, 0.717) is 11.6 Å². The van der Waals surface area contributed by atoms with Gasteiger partial charge in [0.25, 0.3) is 0 Å². The van der Waals surface area contributed by atoms with Crippen LogP contribution in [0.25, 0.3) is 22.6 Å². The SMILES string of the molecule is OCc1c(-c2cccc(F)c2)noc1-c1ccc(F)cc1F. The summed E-state index contributed by atoms with van der Waals surface area (Å²) in [5, 5.41) is 13.3. The van der Waals surface area contributed by atoms with Gasteiger partial charge in [-0.25, -0.2) is 13.2 Å². The first kappa shape index (κ1) is 14.3. The van der Waals surface area contributed by atoms with Crippen molar-refractivity contribution in [3.05, 3.63) is 65.5 Å². The van der Waals surface area contributed by atoms with E-state index in [4.69, 9.17) is 4.52 Å². The van der Waals surface area contributed by atoms with Crippen molar-refractivity contribution in [2.24, 2.45) is 0 Å². The molecule has 112 valence electrons. The first-order valence-corrected chi connectivity index (χ1v) is 6.41. The van der Waals surface area contributed by atoms with Crippen molar-refractivity contribution in [1.82, 2.24) is 5.16 Å². The third kappa shape index (κ3) is 2.48. The number of rotatable bonds is 3. The Bertz CT molecular complexity index is 830. The van der Waals surface area contributed by atoms with Gasteiger partial charge in [-0.05, 0) is 24.3 Å². The van der Waals surface area contributed by atoms with Gasteiger partial charge in [-0.2, -0.15) is 0 Å². The molecule has 0 unspecified atom stereocenters. The summed E-state index contributed by atoms with van der Waals surface area (Å²) in [5.41, 5.74) is 0.777. The van der Waals surface area contributed by atoms with Gasteiger partial charge in [-0.3, -0.25) is 0 Å². The molecule has 2 aromatic carbocycles. The normalized spacial score (nSPS) is 10.9. The highest BCUT2D eigenvalue weighted by Crippen LogP contribution is 2.33. The molecule has 1 heterocycles. The van der Waals surface area contributed by atoms with Crippen molar-refractivity contribution in [1.29, 1.82) is 0 Å². The van der Waals surface area contributed by atoms with E-state index in [-0.39, 0.29) is 22.6 Å². The van der Waals surface area contributed by atoms with Crippen LogP contribution in [0.15, 0.2) is 47.0 Å². The van der Waals surface area contributed by atoms with Crippen LogP contribution >= 0.6 is 0 Å². The average molecular weight is 305 g/mol. The van der Waals surface area contributed by atoms with Crippen LogP contribution in [0.3, 0.4) is 0 Å². The van der Waals surface area contributed by atoms with E-state index in [2.05, 4.69) is 5.16 Å². The van der Waals surface area contributed by atoms with Crippen molar-refractivity contribution in [3.63, 3.8) is 0 Å². The first-order valence-electron chi connectivity index (χ1n) is 6.41. The zero-order chi connectivity index (χ0) is 15.7. The van der Waals surface area contributed by atoms with Gasteiger partial charge in [-0.1, -0.05) is 17.3 Å². The van der Waals surface area contributed by atoms with Crippen LogP contribution in [0.2, 0.25) is 0 Å². The number of benzene rings is 2. The lowest BCUT2D eigenvalue weighted by Gasteiger charge is -2.03. The van der Waals surface area contributed by atoms with E-state index in [9.17, 15) is 18.3 Å². The van der Waals surface area contributed by atoms with Gasteiger partial charge in [0, 0.05) is 11.6 Å². The lowest BCUT2D eigenvalue weighted by Crippen LogP contribution is -1.92. The van der Waals surface area contributed by atoms with Gasteiger partial charge >= 0.3 is 0 Å². The summed E-state index contributed by atoms with van der Waals surface area (Å²) >= 11 is 0. The van der Waals surface area contributed by atoms with Gasteiger partial charge in [0.15, 0.2) is 5.76 Å². The summed E-state index contributed by atoms with van der Waals surface area (Å²) < 4.78 is 45.2. The highest BCUT2D eigenvalue weighted by atomic mass is 19.1. The molecule has 3 rings (SSSR count). The molecule has 1 aromatic heterocycles. The Morgan fingerprint density at radius 1 is 1.00 bits per heavy atom. The Balaban J connectivity index is 2.15. The molecule has 0 spiro atoms. The topological polar surface area (TPSA) is 46.3 Å². The molecule has 0 saturated heterocycles. The summed E-state index contributed by atoms with van der Waals surface area (Å²) in [7, 11) is 0. The second-order valence-corrected chi connectivity index (χ2v) is 4.63. The van der Waals surface area contributed by atoms with Gasteiger partial charge in [0.2, 0.25) is 0 Å². The van der Waals surface area contributed by atoms with Crippen molar-refractivity contribution in [2.45, 2.75) is 6.61 Å². The zero-order valence-corrected chi connectivity index (χ0v) is 11.2. The number of hydrogen-bond acceptors (Lipinski definition) is 3. The van der Waals surface area contributed by atoms with Gasteiger partial charge in [0.05, 0.1) is 17.7 Å². The van der Waals surface area contributed by atoms with Crippen LogP contribution in [-0.4, -0.2) is 10.3 Å². The van der Waals surface area contributed by atoms with Crippen LogP contribution < -0.4 is 0 Å². The molecular formula is C16H10F3NO2. The number of aromatic nitrogens is 1. The lowest BCUT2D eigenvalue weighted by molar-refractivity contribution is 0.281. The summed E-state index contributed by atoms with van der Waals surface area (Å²) in [6.07, 6.45) is 0. The third-order valence-electron chi connectivity index (χ3n) is 3.22. The van der Waals surface area contributed by atoms with Crippen molar-refractivity contribution in [3.8, 4) is 22.6 Å². The van der Waals surface area contributed by atoms with E-state index in [1.165, 1.54) is 24.3 Å². The largest absolute Gasteiger partial charge is 0.391 e. The molecular weight excluding hydrogens is 295 g/mol. The maximum absolute atomic E-state index is 13.9. The van der Waals surface area contributed by atoms with Crippen molar-refractivity contribution in [2.75, 3.05) is 0 Å². The van der Waals surface area contributed by atoms with Crippen LogP contribution in [0.5, 0.6) is 0 Å². The fourth-order valence-corrected chi connectivity index (χ4v) is 2.20. The molecule has 6 heteroatoms. The Labute approximate surface area is 123 Å². The minimum Gasteiger partial charge on any atom is -0.391 e. The van der Waals surface area contributed by atoms with Crippen LogP contribution in [0.1, 0.15) is 5.56 Å². The van der Waals surface area contributed by atoms with Crippen LogP contribution in [-0.2, 0) is 6.61 Å². The monoisotopic (exact) mass is 305 g/mol. The van der Waals surface area contributed by atoms with E-state index in [0.717, 1.165) is 6.07 Å². The highest BCUT2D eigenvalue weighted by Gasteiger charge is 2.21. The maximum Gasteiger partial charge on any atom is 0.175 e. The predicted molar refractivity (Wildman–Crippen MR) is 73.2 cm³/mol. The van der Waals surface area contributed by atoms with Crippen molar-refractivity contribution >= 4 is 0 Å². The molecule has 0 bridgehead atoms. The maximum atomic E-state index is 13.9. The molecule has 0 aliphatic rings. The molecule has 3 aromatic rings. The number of nitrogens with zero attached hydrogens (tertiary/aromatic N) is 1. The van der Waals surface area contributed by atoms with E-state index in [1.54, 1.807) is 6.07 Å². The van der Waals surface area contributed by atoms with E-state index in [1.807, 2.05) is 0 Å². The van der Waals surface area contributed by atoms with Crippen LogP contribution in [0.4, 0.5) is 13.2 Å². The summed E-state index contributed by atoms with van der Waals surface area (Å²) in [6.45, 7) is -0.485. The molecule has 1 N–H and O–H groups in total. The van der Waals surface area contributed by atoms with Crippen molar-refractivity contribution < 1.29 is 22.8 Å². The molecule has 0 fully saturated rings. The number of halogens is 3. The number of aliphatic hydroxyl groups is 1. The zero-order valence-electron chi connectivity index (χ0n) is 11.2. The van der Waals surface area contributed by atoms with Crippen LogP contribution in [0, 0.1) is 17.5 Å². The van der Waals surface area contributed by atoms with E-state index < -0.39 is 24.1 Å². The molecule has 22 heavy (non-hydrogen) atoms. The molecule has 0 aliphatic carbocycles.